The molecule has 1 aromatic carbocycles. The Balaban J connectivity index is 2.83. The van der Waals surface area contributed by atoms with E-state index in [2.05, 4.69) is 78.0 Å². The first-order valence-corrected chi connectivity index (χ1v) is 17.4. The lowest BCUT2D eigenvalue weighted by Crippen LogP contribution is -2.30. The van der Waals surface area contributed by atoms with Crippen molar-refractivity contribution < 1.29 is 0 Å². The van der Waals surface area contributed by atoms with Crippen LogP contribution in [0.4, 0.5) is 0 Å². The number of hydrogen-bond donors (Lipinski definition) is 0. The average molecular weight is 403 g/mol. The van der Waals surface area contributed by atoms with Gasteiger partial charge in [0, 0.05) is 0 Å². The summed E-state index contributed by atoms with van der Waals surface area (Å²) in [6.45, 7) is 14.6. The lowest BCUT2D eigenvalue weighted by atomic mass is 10.0. The van der Waals surface area contributed by atoms with Crippen LogP contribution in [0.1, 0.15) is 66.4 Å². The van der Waals surface area contributed by atoms with Gasteiger partial charge in [-0.05, 0) is 24.0 Å². The van der Waals surface area contributed by atoms with Crippen LogP contribution in [-0.2, 0) is 0 Å². The molecule has 0 aliphatic carbocycles. The van der Waals surface area contributed by atoms with Crippen molar-refractivity contribution in [3.05, 3.63) is 42.0 Å². The average Bonchev–Trinajstić information content (AvgIpc) is 2.74. The largest absolute Gasteiger partial charge is 0.0810 e. The third kappa shape index (κ3) is 7.38. The molecule has 27 heavy (non-hydrogen) atoms. The smallest absolute Gasteiger partial charge is 0.0530 e. The maximum Gasteiger partial charge on any atom is 0.0530 e. The molecular formula is C25H46Si2. The SMILES string of the molecule is CC[Si](CC)(CC)CC/C=C(\CCC[Si](CC)(CC)CC)c1ccccc1. The minimum absolute atomic E-state index is 0.984. The Hall–Kier alpha value is -0.606. The van der Waals surface area contributed by atoms with Crippen molar-refractivity contribution in [1.82, 2.24) is 0 Å². The van der Waals surface area contributed by atoms with Gasteiger partial charge in [-0.25, -0.2) is 0 Å². The summed E-state index contributed by atoms with van der Waals surface area (Å²) in [7, 11) is -1.99. The molecule has 154 valence electrons. The van der Waals surface area contributed by atoms with Crippen molar-refractivity contribution in [3.63, 3.8) is 0 Å². The predicted molar refractivity (Wildman–Crippen MR) is 132 cm³/mol. The molecule has 0 heterocycles. The first kappa shape index (κ1) is 24.4. The summed E-state index contributed by atoms with van der Waals surface area (Å²) in [4.78, 5) is 0. The minimum Gasteiger partial charge on any atom is -0.0810 e. The molecule has 0 saturated carbocycles. The molecule has 0 bridgehead atoms. The summed E-state index contributed by atoms with van der Waals surface area (Å²) in [5.74, 6) is 0. The highest BCUT2D eigenvalue weighted by Crippen LogP contribution is 2.32. The van der Waals surface area contributed by atoms with Crippen LogP contribution in [0.15, 0.2) is 36.4 Å². The van der Waals surface area contributed by atoms with Gasteiger partial charge in [0.05, 0.1) is 16.1 Å². The molecule has 0 nitrogen and oxygen atoms in total. The van der Waals surface area contributed by atoms with E-state index in [-0.39, 0.29) is 0 Å². The lowest BCUT2D eigenvalue weighted by Gasteiger charge is -2.28. The molecule has 0 radical (unpaired) electrons. The molecule has 0 saturated heterocycles. The van der Waals surface area contributed by atoms with Crippen LogP contribution < -0.4 is 0 Å². The van der Waals surface area contributed by atoms with Gasteiger partial charge in [-0.3, -0.25) is 0 Å². The van der Waals surface area contributed by atoms with Crippen LogP contribution in [0.5, 0.6) is 0 Å². The van der Waals surface area contributed by atoms with Gasteiger partial charge in [0.1, 0.15) is 0 Å². The zero-order chi connectivity index (χ0) is 20.2. The highest BCUT2D eigenvalue weighted by atomic mass is 28.3. The summed E-state index contributed by atoms with van der Waals surface area (Å²) >= 11 is 0. The number of allylic oxidation sites excluding steroid dienone is 2. The van der Waals surface area contributed by atoms with Gasteiger partial charge in [-0.1, -0.05) is 133 Å². The molecule has 0 aromatic heterocycles. The van der Waals surface area contributed by atoms with E-state index < -0.39 is 16.1 Å². The number of rotatable bonds is 14. The molecular weight excluding hydrogens is 356 g/mol. The molecule has 0 atom stereocenters. The molecule has 0 aliphatic heterocycles. The standard InChI is InChI=1S/C25H46Si2/c1-7-26(8-2,9-3)22-16-20-25(24-18-14-13-15-19-24)21-17-23-27(10-4,11-5)12-6/h13-15,18-20H,7-12,16-17,21-23H2,1-6H3/b25-20+. The van der Waals surface area contributed by atoms with Crippen LogP contribution in [0.2, 0.25) is 48.4 Å². The van der Waals surface area contributed by atoms with Gasteiger partial charge >= 0.3 is 0 Å². The second kappa shape index (κ2) is 12.8. The van der Waals surface area contributed by atoms with Crippen molar-refractivity contribution in [2.45, 2.75) is 109 Å². The summed E-state index contributed by atoms with van der Waals surface area (Å²) in [6, 6.07) is 22.9. The van der Waals surface area contributed by atoms with E-state index in [1.54, 1.807) is 5.57 Å². The maximum absolute atomic E-state index is 2.62. The molecule has 2 heteroatoms. The fourth-order valence-electron chi connectivity index (χ4n) is 4.78. The summed E-state index contributed by atoms with van der Waals surface area (Å²) in [5, 5.41) is 0. The zero-order valence-corrected chi connectivity index (χ0v) is 21.2. The second-order valence-corrected chi connectivity index (χ2v) is 19.9. The van der Waals surface area contributed by atoms with Gasteiger partial charge in [0.2, 0.25) is 0 Å². The fraction of sp³-hybridized carbons (Fsp3) is 0.680. The van der Waals surface area contributed by atoms with Crippen molar-refractivity contribution in [3.8, 4) is 0 Å². The summed E-state index contributed by atoms with van der Waals surface area (Å²) in [6.07, 6.45) is 6.58. The van der Waals surface area contributed by atoms with E-state index >= 15 is 0 Å². The van der Waals surface area contributed by atoms with E-state index in [1.807, 2.05) is 0 Å². The van der Waals surface area contributed by atoms with E-state index in [0.29, 0.717) is 0 Å². The van der Waals surface area contributed by atoms with E-state index in [0.717, 1.165) is 0 Å². The molecule has 0 fully saturated rings. The van der Waals surface area contributed by atoms with E-state index in [1.165, 1.54) is 73.2 Å². The predicted octanol–water partition coefficient (Wildman–Crippen LogP) is 9.26. The van der Waals surface area contributed by atoms with Crippen LogP contribution in [0, 0.1) is 0 Å². The highest BCUT2D eigenvalue weighted by molar-refractivity contribution is 6.80. The molecule has 0 unspecified atom stereocenters. The monoisotopic (exact) mass is 402 g/mol. The van der Waals surface area contributed by atoms with Gasteiger partial charge in [-0.15, -0.1) is 0 Å². The van der Waals surface area contributed by atoms with Crippen molar-refractivity contribution in [2.24, 2.45) is 0 Å². The van der Waals surface area contributed by atoms with Crippen molar-refractivity contribution in [1.29, 1.82) is 0 Å². The van der Waals surface area contributed by atoms with Crippen LogP contribution >= 0.6 is 0 Å². The number of benzene rings is 1. The van der Waals surface area contributed by atoms with Gasteiger partial charge < -0.3 is 0 Å². The quantitative estimate of drug-likeness (QED) is 0.272. The lowest BCUT2D eigenvalue weighted by molar-refractivity contribution is 0.915. The Morgan fingerprint density at radius 3 is 1.67 bits per heavy atom. The first-order chi connectivity index (χ1) is 13.0. The van der Waals surface area contributed by atoms with Crippen LogP contribution in [-0.4, -0.2) is 16.1 Å². The first-order valence-electron chi connectivity index (χ1n) is 11.8. The molecule has 0 amide bonds. The molecule has 1 rings (SSSR count). The maximum atomic E-state index is 2.62. The molecule has 0 spiro atoms. The van der Waals surface area contributed by atoms with Gasteiger partial charge in [-0.2, -0.15) is 0 Å². The van der Waals surface area contributed by atoms with Gasteiger partial charge in [0.15, 0.2) is 0 Å². The molecule has 1 aromatic rings. The van der Waals surface area contributed by atoms with Gasteiger partial charge in [0.25, 0.3) is 0 Å². The molecule has 0 aliphatic rings. The zero-order valence-electron chi connectivity index (χ0n) is 19.2. The Morgan fingerprint density at radius 1 is 0.704 bits per heavy atom. The van der Waals surface area contributed by atoms with Crippen molar-refractivity contribution >= 4 is 21.7 Å². The third-order valence-corrected chi connectivity index (χ3v) is 19.6. The van der Waals surface area contributed by atoms with Crippen LogP contribution in [0.3, 0.4) is 0 Å². The summed E-state index contributed by atoms with van der Waals surface area (Å²) in [5.41, 5.74) is 3.08. The Labute approximate surface area is 172 Å². The fourth-order valence-corrected chi connectivity index (χ4v) is 11.6. The van der Waals surface area contributed by atoms with Crippen LogP contribution in [0.25, 0.3) is 5.57 Å². The topological polar surface area (TPSA) is 0 Å². The minimum atomic E-state index is -1.00. The Bertz CT molecular complexity index is 508. The summed E-state index contributed by atoms with van der Waals surface area (Å²) < 4.78 is 0. The normalized spacial score (nSPS) is 13.2. The third-order valence-electron chi connectivity index (χ3n) is 7.86. The second-order valence-electron chi connectivity index (χ2n) is 8.61. The Kier molecular flexibility index (Phi) is 11.6. The highest BCUT2D eigenvalue weighted by Gasteiger charge is 2.26. The van der Waals surface area contributed by atoms with E-state index in [4.69, 9.17) is 0 Å². The van der Waals surface area contributed by atoms with Crippen molar-refractivity contribution in [2.75, 3.05) is 0 Å². The van der Waals surface area contributed by atoms with E-state index in [9.17, 15) is 0 Å². The molecule has 0 N–H and O–H groups in total. The Morgan fingerprint density at radius 2 is 1.19 bits per heavy atom. The number of hydrogen-bond acceptors (Lipinski definition) is 0.